The van der Waals surface area contributed by atoms with Crippen molar-refractivity contribution in [2.45, 2.75) is 52.4 Å². The second-order valence-electron chi connectivity index (χ2n) is 6.13. The van der Waals surface area contributed by atoms with Gasteiger partial charge in [0.2, 0.25) is 0 Å². The third-order valence-corrected chi connectivity index (χ3v) is 3.32. The van der Waals surface area contributed by atoms with Gasteiger partial charge in [-0.1, -0.05) is 64.8 Å². The number of hydrogen-bond acceptors (Lipinski definition) is 2. The van der Waals surface area contributed by atoms with Crippen molar-refractivity contribution in [3.05, 3.63) is 35.4 Å². The average Bonchev–Trinajstić information content (AvgIpc) is 2.37. The number of unbranched alkanes of at least 4 members (excludes halogenated alkanes) is 2. The van der Waals surface area contributed by atoms with Gasteiger partial charge in [0.15, 0.2) is 5.78 Å². The van der Waals surface area contributed by atoms with Gasteiger partial charge in [-0.25, -0.2) is 0 Å². The van der Waals surface area contributed by atoms with E-state index in [1.54, 1.807) is 0 Å². The van der Waals surface area contributed by atoms with Crippen LogP contribution in [0, 0.1) is 0 Å². The van der Waals surface area contributed by atoms with Gasteiger partial charge < -0.3 is 5.32 Å². The Labute approximate surface area is 117 Å². The lowest BCUT2D eigenvalue weighted by Gasteiger charge is -2.19. The monoisotopic (exact) mass is 261 g/mol. The topological polar surface area (TPSA) is 29.1 Å². The Hall–Kier alpha value is -1.15. The summed E-state index contributed by atoms with van der Waals surface area (Å²) in [6.45, 7) is 10.1. The largest absolute Gasteiger partial charge is 0.310 e. The lowest BCUT2D eigenvalue weighted by atomic mass is 9.86. The summed E-state index contributed by atoms with van der Waals surface area (Å²) in [6, 6.07) is 8.00. The molecule has 2 heteroatoms. The summed E-state index contributed by atoms with van der Waals surface area (Å²) >= 11 is 0. The van der Waals surface area contributed by atoms with E-state index in [-0.39, 0.29) is 11.2 Å². The minimum atomic E-state index is 0.139. The molecule has 1 rings (SSSR count). The second-order valence-corrected chi connectivity index (χ2v) is 6.13. The molecule has 0 aliphatic rings. The summed E-state index contributed by atoms with van der Waals surface area (Å²) in [5.41, 5.74) is 2.20. The fraction of sp³-hybridized carbons (Fsp3) is 0.588. The van der Waals surface area contributed by atoms with Crippen LogP contribution in [0.4, 0.5) is 0 Å². The molecule has 0 bridgehead atoms. The van der Waals surface area contributed by atoms with Crippen molar-refractivity contribution in [1.82, 2.24) is 5.32 Å². The normalized spacial score (nSPS) is 11.6. The maximum atomic E-state index is 12.0. The number of nitrogens with one attached hydrogen (secondary N) is 1. The number of rotatable bonds is 7. The molecule has 1 aromatic rings. The van der Waals surface area contributed by atoms with Crippen molar-refractivity contribution in [3.63, 3.8) is 0 Å². The van der Waals surface area contributed by atoms with Gasteiger partial charge >= 0.3 is 0 Å². The van der Waals surface area contributed by atoms with Crippen LogP contribution in [0.25, 0.3) is 0 Å². The SMILES string of the molecule is CCCCCNCC(=O)c1ccc(C(C)(C)C)cc1. The molecule has 0 heterocycles. The fourth-order valence-electron chi connectivity index (χ4n) is 1.96. The highest BCUT2D eigenvalue weighted by atomic mass is 16.1. The Kier molecular flexibility index (Phi) is 6.23. The van der Waals surface area contributed by atoms with Gasteiger partial charge in [0.05, 0.1) is 6.54 Å². The molecule has 2 nitrogen and oxygen atoms in total. The van der Waals surface area contributed by atoms with Crippen LogP contribution in [0.3, 0.4) is 0 Å². The van der Waals surface area contributed by atoms with Gasteiger partial charge in [0, 0.05) is 5.56 Å². The summed E-state index contributed by atoms with van der Waals surface area (Å²) in [5.74, 6) is 0.178. The zero-order chi connectivity index (χ0) is 14.3. The average molecular weight is 261 g/mol. The van der Waals surface area contributed by atoms with Crippen molar-refractivity contribution in [2.75, 3.05) is 13.1 Å². The molecule has 106 valence electrons. The summed E-state index contributed by atoms with van der Waals surface area (Å²) in [6.07, 6.45) is 3.58. The second kappa shape index (κ2) is 7.44. The third kappa shape index (κ3) is 5.56. The number of benzene rings is 1. The highest BCUT2D eigenvalue weighted by molar-refractivity contribution is 5.97. The first-order chi connectivity index (χ1) is 8.95. The number of Topliss-reactive ketones (excluding diaryl/α,β-unsaturated/α-hetero) is 1. The van der Waals surface area contributed by atoms with Gasteiger partial charge in [-0.15, -0.1) is 0 Å². The molecular formula is C17H27NO. The lowest BCUT2D eigenvalue weighted by Crippen LogP contribution is -2.24. The van der Waals surface area contributed by atoms with Gasteiger partial charge in [0.25, 0.3) is 0 Å². The highest BCUT2D eigenvalue weighted by Gasteiger charge is 2.14. The minimum Gasteiger partial charge on any atom is -0.310 e. The van der Waals surface area contributed by atoms with E-state index in [1.807, 2.05) is 12.1 Å². The van der Waals surface area contributed by atoms with Crippen molar-refractivity contribution < 1.29 is 4.79 Å². The Morgan fingerprint density at radius 2 is 1.74 bits per heavy atom. The Morgan fingerprint density at radius 1 is 1.11 bits per heavy atom. The van der Waals surface area contributed by atoms with Gasteiger partial charge in [-0.05, 0) is 23.9 Å². The molecular weight excluding hydrogens is 234 g/mol. The number of ketones is 1. The molecule has 1 N–H and O–H groups in total. The van der Waals surface area contributed by atoms with Crippen LogP contribution in [0.2, 0.25) is 0 Å². The number of hydrogen-bond donors (Lipinski definition) is 1. The van der Waals surface area contributed by atoms with Crippen molar-refractivity contribution >= 4 is 5.78 Å². The zero-order valence-corrected chi connectivity index (χ0v) is 12.8. The zero-order valence-electron chi connectivity index (χ0n) is 12.8. The van der Waals surface area contributed by atoms with Crippen LogP contribution in [0.5, 0.6) is 0 Å². The number of carbonyl (C=O) groups excluding carboxylic acids is 1. The highest BCUT2D eigenvalue weighted by Crippen LogP contribution is 2.22. The summed E-state index contributed by atoms with van der Waals surface area (Å²) < 4.78 is 0. The maximum absolute atomic E-state index is 12.0. The molecule has 0 aliphatic heterocycles. The minimum absolute atomic E-state index is 0.139. The van der Waals surface area contributed by atoms with E-state index in [0.717, 1.165) is 18.5 Å². The summed E-state index contributed by atoms with van der Waals surface area (Å²) in [7, 11) is 0. The standard InChI is InChI=1S/C17H27NO/c1-5-6-7-12-18-13-16(19)14-8-10-15(11-9-14)17(2,3)4/h8-11,18H,5-7,12-13H2,1-4H3. The smallest absolute Gasteiger partial charge is 0.176 e. The van der Waals surface area contributed by atoms with Crippen molar-refractivity contribution in [3.8, 4) is 0 Å². The van der Waals surface area contributed by atoms with Crippen LogP contribution < -0.4 is 5.32 Å². The van der Waals surface area contributed by atoms with E-state index in [0.29, 0.717) is 6.54 Å². The van der Waals surface area contributed by atoms with E-state index in [4.69, 9.17) is 0 Å². The van der Waals surface area contributed by atoms with E-state index in [2.05, 4.69) is 45.1 Å². The number of carbonyl (C=O) groups is 1. The quantitative estimate of drug-likeness (QED) is 0.595. The summed E-state index contributed by atoms with van der Waals surface area (Å²) in [4.78, 5) is 12.0. The van der Waals surface area contributed by atoms with Crippen molar-refractivity contribution in [2.24, 2.45) is 0 Å². The van der Waals surface area contributed by atoms with Gasteiger partial charge in [-0.3, -0.25) is 4.79 Å². The van der Waals surface area contributed by atoms with E-state index >= 15 is 0 Å². The fourth-order valence-corrected chi connectivity index (χ4v) is 1.96. The predicted octanol–water partition coefficient (Wildman–Crippen LogP) is 3.95. The first-order valence-electron chi connectivity index (χ1n) is 7.29. The third-order valence-electron chi connectivity index (χ3n) is 3.32. The maximum Gasteiger partial charge on any atom is 0.176 e. The molecule has 0 fully saturated rings. The van der Waals surface area contributed by atoms with E-state index in [1.165, 1.54) is 18.4 Å². The van der Waals surface area contributed by atoms with E-state index < -0.39 is 0 Å². The van der Waals surface area contributed by atoms with Crippen LogP contribution in [-0.2, 0) is 5.41 Å². The first-order valence-corrected chi connectivity index (χ1v) is 7.29. The molecule has 0 aromatic heterocycles. The van der Waals surface area contributed by atoms with Crippen molar-refractivity contribution in [1.29, 1.82) is 0 Å². The molecule has 0 saturated carbocycles. The first kappa shape index (κ1) is 15.9. The van der Waals surface area contributed by atoms with Crippen LogP contribution in [0.15, 0.2) is 24.3 Å². The molecule has 0 amide bonds. The molecule has 0 unspecified atom stereocenters. The molecule has 0 aliphatic carbocycles. The molecule has 0 spiro atoms. The van der Waals surface area contributed by atoms with E-state index in [9.17, 15) is 4.79 Å². The summed E-state index contributed by atoms with van der Waals surface area (Å²) in [5, 5.41) is 3.21. The van der Waals surface area contributed by atoms with Crippen LogP contribution in [0.1, 0.15) is 62.9 Å². The molecule has 19 heavy (non-hydrogen) atoms. The Bertz CT molecular complexity index is 387. The Morgan fingerprint density at radius 3 is 2.26 bits per heavy atom. The van der Waals surface area contributed by atoms with Crippen LogP contribution >= 0.6 is 0 Å². The van der Waals surface area contributed by atoms with Gasteiger partial charge in [0.1, 0.15) is 0 Å². The predicted molar refractivity (Wildman–Crippen MR) is 81.9 cm³/mol. The lowest BCUT2D eigenvalue weighted by molar-refractivity contribution is 0.0991. The molecule has 0 radical (unpaired) electrons. The molecule has 0 atom stereocenters. The Balaban J connectivity index is 2.45. The molecule has 1 aromatic carbocycles. The van der Waals surface area contributed by atoms with Gasteiger partial charge in [-0.2, -0.15) is 0 Å². The van der Waals surface area contributed by atoms with Crippen LogP contribution in [-0.4, -0.2) is 18.9 Å². The molecule has 0 saturated heterocycles.